The Labute approximate surface area is 73.9 Å². The summed E-state index contributed by atoms with van der Waals surface area (Å²) in [6.45, 7) is 4.56. The molecule has 0 amide bonds. The maximum atomic E-state index is 9.98. The second-order valence-corrected chi connectivity index (χ2v) is 4.14. The molecule has 0 aliphatic carbocycles. The Kier molecular flexibility index (Phi) is 2.46. The molecule has 1 unspecified atom stereocenters. The van der Waals surface area contributed by atoms with Crippen molar-refractivity contribution in [1.29, 1.82) is 0 Å². The molecule has 1 atom stereocenters. The summed E-state index contributed by atoms with van der Waals surface area (Å²) in [6.07, 6.45) is 6.90. The highest BCUT2D eigenvalue weighted by Gasteiger charge is 2.38. The Morgan fingerprint density at radius 1 is 1.58 bits per heavy atom. The second kappa shape index (κ2) is 3.08. The standard InChI is InChI=1S/C10H16O2/c1-4-5-10(11)6-7-12-9(2,3)8-10/h1,11H,5-8H2,2-3H3. The number of hydrogen-bond acceptors (Lipinski definition) is 2. The molecule has 1 rings (SSSR count). The van der Waals surface area contributed by atoms with Crippen molar-refractivity contribution in [3.63, 3.8) is 0 Å². The van der Waals surface area contributed by atoms with Gasteiger partial charge < -0.3 is 9.84 Å². The lowest BCUT2D eigenvalue weighted by Gasteiger charge is -2.40. The van der Waals surface area contributed by atoms with Crippen LogP contribution in [0.25, 0.3) is 0 Å². The summed E-state index contributed by atoms with van der Waals surface area (Å²) in [7, 11) is 0. The smallest absolute Gasteiger partial charge is 0.0805 e. The van der Waals surface area contributed by atoms with Gasteiger partial charge in [0.2, 0.25) is 0 Å². The summed E-state index contributed by atoms with van der Waals surface area (Å²) in [6, 6.07) is 0. The normalized spacial score (nSPS) is 34.2. The molecule has 1 heterocycles. The van der Waals surface area contributed by atoms with Gasteiger partial charge in [-0.1, -0.05) is 0 Å². The molecule has 1 aliphatic rings. The monoisotopic (exact) mass is 168 g/mol. The average Bonchev–Trinajstić information content (AvgIpc) is 1.83. The zero-order valence-electron chi connectivity index (χ0n) is 7.76. The van der Waals surface area contributed by atoms with E-state index in [1.54, 1.807) is 0 Å². The summed E-state index contributed by atoms with van der Waals surface area (Å²) in [5.74, 6) is 2.51. The van der Waals surface area contributed by atoms with Crippen molar-refractivity contribution in [2.75, 3.05) is 6.61 Å². The maximum absolute atomic E-state index is 9.98. The first-order chi connectivity index (χ1) is 5.47. The Morgan fingerprint density at radius 3 is 2.75 bits per heavy atom. The lowest BCUT2D eigenvalue weighted by Crippen LogP contribution is -2.45. The topological polar surface area (TPSA) is 29.5 Å². The predicted molar refractivity (Wildman–Crippen MR) is 47.7 cm³/mol. The third-order valence-electron chi connectivity index (χ3n) is 2.25. The summed E-state index contributed by atoms with van der Waals surface area (Å²) >= 11 is 0. The molecule has 0 aromatic carbocycles. The van der Waals surface area contributed by atoms with Gasteiger partial charge >= 0.3 is 0 Å². The van der Waals surface area contributed by atoms with Gasteiger partial charge in [-0.15, -0.1) is 12.3 Å². The molecule has 1 saturated heterocycles. The van der Waals surface area contributed by atoms with E-state index in [-0.39, 0.29) is 5.60 Å². The van der Waals surface area contributed by atoms with Crippen LogP contribution in [0.4, 0.5) is 0 Å². The fourth-order valence-electron chi connectivity index (χ4n) is 1.79. The van der Waals surface area contributed by atoms with Crippen LogP contribution in [0.15, 0.2) is 0 Å². The first-order valence-corrected chi connectivity index (χ1v) is 4.27. The average molecular weight is 168 g/mol. The van der Waals surface area contributed by atoms with E-state index < -0.39 is 5.60 Å². The molecule has 2 nitrogen and oxygen atoms in total. The van der Waals surface area contributed by atoms with Crippen LogP contribution >= 0.6 is 0 Å². The van der Waals surface area contributed by atoms with E-state index in [9.17, 15) is 5.11 Å². The Balaban J connectivity index is 2.62. The van der Waals surface area contributed by atoms with Gasteiger partial charge in [0.05, 0.1) is 17.8 Å². The van der Waals surface area contributed by atoms with Crippen LogP contribution in [0, 0.1) is 12.3 Å². The molecular weight excluding hydrogens is 152 g/mol. The van der Waals surface area contributed by atoms with Gasteiger partial charge in [-0.25, -0.2) is 0 Å². The largest absolute Gasteiger partial charge is 0.389 e. The van der Waals surface area contributed by atoms with Crippen LogP contribution in [0.2, 0.25) is 0 Å². The zero-order valence-corrected chi connectivity index (χ0v) is 7.76. The predicted octanol–water partition coefficient (Wildman–Crippen LogP) is 1.33. The van der Waals surface area contributed by atoms with Crippen LogP contribution in [-0.2, 0) is 4.74 Å². The second-order valence-electron chi connectivity index (χ2n) is 4.14. The molecule has 0 aromatic heterocycles. The summed E-state index contributed by atoms with van der Waals surface area (Å²) in [5, 5.41) is 9.98. The highest BCUT2D eigenvalue weighted by atomic mass is 16.5. The maximum Gasteiger partial charge on any atom is 0.0805 e. The number of terminal acetylenes is 1. The quantitative estimate of drug-likeness (QED) is 0.598. The number of aliphatic hydroxyl groups is 1. The van der Waals surface area contributed by atoms with E-state index in [2.05, 4.69) is 5.92 Å². The summed E-state index contributed by atoms with van der Waals surface area (Å²) < 4.78 is 5.48. The van der Waals surface area contributed by atoms with Gasteiger partial charge in [-0.3, -0.25) is 0 Å². The molecule has 0 radical (unpaired) electrons. The van der Waals surface area contributed by atoms with Gasteiger partial charge in [-0.2, -0.15) is 0 Å². The van der Waals surface area contributed by atoms with Crippen molar-refractivity contribution >= 4 is 0 Å². The number of hydrogen-bond donors (Lipinski definition) is 1. The minimum atomic E-state index is -0.698. The van der Waals surface area contributed by atoms with Crippen molar-refractivity contribution in [3.05, 3.63) is 0 Å². The van der Waals surface area contributed by atoms with Crippen LogP contribution in [0.5, 0.6) is 0 Å². The van der Waals surface area contributed by atoms with E-state index in [4.69, 9.17) is 11.2 Å². The van der Waals surface area contributed by atoms with Crippen molar-refractivity contribution < 1.29 is 9.84 Å². The van der Waals surface area contributed by atoms with Crippen LogP contribution in [0.1, 0.15) is 33.1 Å². The van der Waals surface area contributed by atoms with Gasteiger partial charge in [0.15, 0.2) is 0 Å². The van der Waals surface area contributed by atoms with E-state index in [0.717, 1.165) is 0 Å². The third-order valence-corrected chi connectivity index (χ3v) is 2.25. The van der Waals surface area contributed by atoms with E-state index >= 15 is 0 Å². The van der Waals surface area contributed by atoms with Crippen molar-refractivity contribution in [2.24, 2.45) is 0 Å². The van der Waals surface area contributed by atoms with Crippen LogP contribution in [0.3, 0.4) is 0 Å². The van der Waals surface area contributed by atoms with Crippen LogP contribution in [-0.4, -0.2) is 22.9 Å². The SMILES string of the molecule is C#CCC1(O)CCOC(C)(C)C1. The van der Waals surface area contributed by atoms with Crippen molar-refractivity contribution in [2.45, 2.75) is 44.3 Å². The Morgan fingerprint density at radius 2 is 2.25 bits per heavy atom. The molecule has 1 N–H and O–H groups in total. The molecule has 0 bridgehead atoms. The minimum absolute atomic E-state index is 0.232. The third kappa shape index (κ3) is 2.23. The van der Waals surface area contributed by atoms with E-state index in [1.165, 1.54) is 0 Å². The molecule has 0 spiro atoms. The van der Waals surface area contributed by atoms with E-state index in [0.29, 0.717) is 25.9 Å². The fourth-order valence-corrected chi connectivity index (χ4v) is 1.79. The molecule has 2 heteroatoms. The first kappa shape index (κ1) is 9.57. The number of rotatable bonds is 1. The first-order valence-electron chi connectivity index (χ1n) is 4.27. The lowest BCUT2D eigenvalue weighted by molar-refractivity contribution is -0.141. The van der Waals surface area contributed by atoms with Crippen LogP contribution < -0.4 is 0 Å². The highest BCUT2D eigenvalue weighted by molar-refractivity contribution is 4.99. The lowest BCUT2D eigenvalue weighted by atomic mass is 9.82. The Hall–Kier alpha value is -0.520. The fraction of sp³-hybridized carbons (Fsp3) is 0.800. The zero-order chi connectivity index (χ0) is 9.24. The molecule has 12 heavy (non-hydrogen) atoms. The number of ether oxygens (including phenoxy) is 1. The molecule has 68 valence electrons. The molecule has 1 aliphatic heterocycles. The molecular formula is C10H16O2. The Bertz CT molecular complexity index is 202. The summed E-state index contributed by atoms with van der Waals surface area (Å²) in [5.41, 5.74) is -0.930. The van der Waals surface area contributed by atoms with Gasteiger partial charge in [0.25, 0.3) is 0 Å². The molecule has 1 fully saturated rings. The van der Waals surface area contributed by atoms with Crippen molar-refractivity contribution in [1.82, 2.24) is 0 Å². The van der Waals surface area contributed by atoms with Crippen molar-refractivity contribution in [3.8, 4) is 12.3 Å². The van der Waals surface area contributed by atoms with E-state index in [1.807, 2.05) is 13.8 Å². The molecule has 0 saturated carbocycles. The minimum Gasteiger partial charge on any atom is -0.389 e. The highest BCUT2D eigenvalue weighted by Crippen LogP contribution is 2.33. The summed E-state index contributed by atoms with van der Waals surface area (Å²) in [4.78, 5) is 0. The van der Waals surface area contributed by atoms with Gasteiger partial charge in [0.1, 0.15) is 0 Å². The van der Waals surface area contributed by atoms with Gasteiger partial charge in [0, 0.05) is 19.3 Å². The molecule has 0 aromatic rings. The van der Waals surface area contributed by atoms with Gasteiger partial charge in [-0.05, 0) is 13.8 Å².